The molecule has 2 aliphatic rings. The van der Waals surface area contributed by atoms with Gasteiger partial charge in [-0.3, -0.25) is 0 Å². The van der Waals surface area contributed by atoms with Crippen LogP contribution in [0.4, 0.5) is 0 Å². The molecule has 2 fully saturated rings. The molecule has 0 bridgehead atoms. The number of hydrogen-bond acceptors (Lipinski definition) is 2. The minimum absolute atomic E-state index is 0.477. The first-order chi connectivity index (χ1) is 6.27. The van der Waals surface area contributed by atoms with E-state index in [9.17, 15) is 0 Å². The second kappa shape index (κ2) is 3.97. The highest BCUT2D eigenvalue weighted by molar-refractivity contribution is 4.85. The molecule has 1 aliphatic heterocycles. The molecule has 1 aliphatic carbocycles. The fourth-order valence-electron chi connectivity index (χ4n) is 2.55. The van der Waals surface area contributed by atoms with Gasteiger partial charge in [0.1, 0.15) is 0 Å². The van der Waals surface area contributed by atoms with Crippen LogP contribution < -0.4 is 5.73 Å². The zero-order valence-corrected chi connectivity index (χ0v) is 8.71. The van der Waals surface area contributed by atoms with Gasteiger partial charge < -0.3 is 10.6 Å². The van der Waals surface area contributed by atoms with E-state index in [2.05, 4.69) is 11.8 Å². The molecule has 13 heavy (non-hydrogen) atoms. The van der Waals surface area contributed by atoms with Crippen molar-refractivity contribution in [1.82, 2.24) is 4.90 Å². The van der Waals surface area contributed by atoms with E-state index in [1.165, 1.54) is 45.2 Å². The predicted molar refractivity (Wildman–Crippen MR) is 55.6 cm³/mol. The van der Waals surface area contributed by atoms with Crippen LogP contribution in [-0.4, -0.2) is 30.1 Å². The topological polar surface area (TPSA) is 29.3 Å². The molecule has 0 radical (unpaired) electrons. The summed E-state index contributed by atoms with van der Waals surface area (Å²) in [5.74, 6) is 0.995. The van der Waals surface area contributed by atoms with Crippen LogP contribution in [0.3, 0.4) is 0 Å². The van der Waals surface area contributed by atoms with Crippen LogP contribution in [0.25, 0.3) is 0 Å². The first-order valence-electron chi connectivity index (χ1n) is 5.77. The molecule has 2 nitrogen and oxygen atoms in total. The van der Waals surface area contributed by atoms with Gasteiger partial charge in [-0.2, -0.15) is 0 Å². The summed E-state index contributed by atoms with van der Waals surface area (Å²) in [6.07, 6.45) is 6.80. The van der Waals surface area contributed by atoms with Gasteiger partial charge in [0.25, 0.3) is 0 Å². The van der Waals surface area contributed by atoms with Crippen molar-refractivity contribution in [3.8, 4) is 0 Å². The first kappa shape index (κ1) is 9.47. The van der Waals surface area contributed by atoms with Crippen LogP contribution in [0, 0.1) is 5.92 Å². The molecule has 1 heterocycles. The second-order valence-corrected chi connectivity index (χ2v) is 4.80. The van der Waals surface area contributed by atoms with Gasteiger partial charge >= 0.3 is 0 Å². The Kier molecular flexibility index (Phi) is 2.89. The zero-order valence-electron chi connectivity index (χ0n) is 8.71. The van der Waals surface area contributed by atoms with E-state index in [1.54, 1.807) is 0 Å². The molecule has 2 rings (SSSR count). The van der Waals surface area contributed by atoms with E-state index >= 15 is 0 Å². The molecule has 2 N–H and O–H groups in total. The lowest BCUT2D eigenvalue weighted by atomic mass is 9.79. The molecule has 2 heteroatoms. The van der Waals surface area contributed by atoms with Crippen molar-refractivity contribution in [2.45, 2.75) is 51.1 Å². The summed E-state index contributed by atoms with van der Waals surface area (Å²) in [6.45, 7) is 4.87. The molecule has 76 valence electrons. The Balaban J connectivity index is 1.79. The van der Waals surface area contributed by atoms with E-state index in [4.69, 9.17) is 5.73 Å². The molecule has 1 saturated carbocycles. The molecule has 0 aromatic heterocycles. The average molecular weight is 182 g/mol. The SMILES string of the molecule is CC(C1CCC1)N1CCC(N)CC1. The molecular formula is C11H22N2. The van der Waals surface area contributed by atoms with Crippen LogP contribution in [0.5, 0.6) is 0 Å². The van der Waals surface area contributed by atoms with E-state index in [0.29, 0.717) is 6.04 Å². The fraction of sp³-hybridized carbons (Fsp3) is 1.00. The van der Waals surface area contributed by atoms with Crippen molar-refractivity contribution < 1.29 is 0 Å². The Bertz CT molecular complexity index is 157. The highest BCUT2D eigenvalue weighted by atomic mass is 15.2. The van der Waals surface area contributed by atoms with Crippen molar-refractivity contribution in [2.75, 3.05) is 13.1 Å². The van der Waals surface area contributed by atoms with E-state index < -0.39 is 0 Å². The van der Waals surface area contributed by atoms with Gasteiger partial charge in [0.05, 0.1) is 0 Å². The Morgan fingerprint density at radius 3 is 2.23 bits per heavy atom. The molecule has 0 aromatic carbocycles. The van der Waals surface area contributed by atoms with Crippen molar-refractivity contribution in [1.29, 1.82) is 0 Å². The normalized spacial score (nSPS) is 30.0. The van der Waals surface area contributed by atoms with E-state index in [-0.39, 0.29) is 0 Å². The summed E-state index contributed by atoms with van der Waals surface area (Å²) < 4.78 is 0. The lowest BCUT2D eigenvalue weighted by molar-refractivity contribution is 0.0850. The molecule has 1 saturated heterocycles. The maximum atomic E-state index is 5.89. The highest BCUT2D eigenvalue weighted by Crippen LogP contribution is 2.32. The van der Waals surface area contributed by atoms with Crippen molar-refractivity contribution >= 4 is 0 Å². The Morgan fingerprint density at radius 2 is 1.77 bits per heavy atom. The largest absolute Gasteiger partial charge is 0.328 e. The number of hydrogen-bond donors (Lipinski definition) is 1. The van der Waals surface area contributed by atoms with E-state index in [0.717, 1.165) is 12.0 Å². The average Bonchev–Trinajstić information content (AvgIpc) is 2.02. The highest BCUT2D eigenvalue weighted by Gasteiger charge is 2.29. The van der Waals surface area contributed by atoms with Crippen LogP contribution >= 0.6 is 0 Å². The molecule has 1 atom stereocenters. The maximum Gasteiger partial charge on any atom is 0.00952 e. The summed E-state index contributed by atoms with van der Waals surface area (Å²) >= 11 is 0. The third-order valence-electron chi connectivity index (χ3n) is 3.98. The number of piperidine rings is 1. The lowest BCUT2D eigenvalue weighted by Gasteiger charge is -2.42. The number of nitrogens with two attached hydrogens (primary N) is 1. The summed E-state index contributed by atoms with van der Waals surface area (Å²) in [4.78, 5) is 2.65. The summed E-state index contributed by atoms with van der Waals surface area (Å²) in [7, 11) is 0. The third kappa shape index (κ3) is 2.05. The van der Waals surface area contributed by atoms with Crippen LogP contribution in [0.2, 0.25) is 0 Å². The van der Waals surface area contributed by atoms with Gasteiger partial charge in [0.2, 0.25) is 0 Å². The zero-order chi connectivity index (χ0) is 9.26. The van der Waals surface area contributed by atoms with E-state index in [1.807, 2.05) is 0 Å². The molecule has 0 spiro atoms. The molecular weight excluding hydrogens is 160 g/mol. The van der Waals surface area contributed by atoms with Crippen molar-refractivity contribution in [3.63, 3.8) is 0 Å². The van der Waals surface area contributed by atoms with Gasteiger partial charge in [-0.1, -0.05) is 6.42 Å². The Labute approximate surface area is 81.5 Å². The lowest BCUT2D eigenvalue weighted by Crippen LogP contribution is -2.47. The standard InChI is InChI=1S/C11H22N2/c1-9(10-3-2-4-10)13-7-5-11(12)6-8-13/h9-11H,2-8,12H2,1H3. The number of rotatable bonds is 2. The third-order valence-corrected chi connectivity index (χ3v) is 3.98. The van der Waals surface area contributed by atoms with Crippen molar-refractivity contribution in [2.24, 2.45) is 11.7 Å². The second-order valence-electron chi connectivity index (χ2n) is 4.80. The fourth-order valence-corrected chi connectivity index (χ4v) is 2.55. The number of nitrogens with zero attached hydrogens (tertiary/aromatic N) is 1. The monoisotopic (exact) mass is 182 g/mol. The predicted octanol–water partition coefficient (Wildman–Crippen LogP) is 1.60. The van der Waals surface area contributed by atoms with Crippen LogP contribution in [-0.2, 0) is 0 Å². The van der Waals surface area contributed by atoms with Gasteiger partial charge in [-0.05, 0) is 51.6 Å². The molecule has 1 unspecified atom stereocenters. The molecule has 0 aromatic rings. The minimum Gasteiger partial charge on any atom is -0.328 e. The smallest absolute Gasteiger partial charge is 0.00952 e. The summed E-state index contributed by atoms with van der Waals surface area (Å²) in [5, 5.41) is 0. The Hall–Kier alpha value is -0.0800. The van der Waals surface area contributed by atoms with Crippen LogP contribution in [0.15, 0.2) is 0 Å². The number of likely N-dealkylation sites (tertiary alicyclic amines) is 1. The molecule has 0 amide bonds. The maximum absolute atomic E-state index is 5.89. The minimum atomic E-state index is 0.477. The van der Waals surface area contributed by atoms with Crippen molar-refractivity contribution in [3.05, 3.63) is 0 Å². The van der Waals surface area contributed by atoms with Crippen LogP contribution in [0.1, 0.15) is 39.0 Å². The first-order valence-corrected chi connectivity index (χ1v) is 5.77. The quantitative estimate of drug-likeness (QED) is 0.703. The van der Waals surface area contributed by atoms with Gasteiger partial charge in [0.15, 0.2) is 0 Å². The van der Waals surface area contributed by atoms with Gasteiger partial charge in [-0.15, -0.1) is 0 Å². The Morgan fingerprint density at radius 1 is 1.15 bits per heavy atom. The van der Waals surface area contributed by atoms with Gasteiger partial charge in [0, 0.05) is 12.1 Å². The summed E-state index contributed by atoms with van der Waals surface area (Å²) in [6, 6.07) is 1.30. The van der Waals surface area contributed by atoms with Gasteiger partial charge in [-0.25, -0.2) is 0 Å². The summed E-state index contributed by atoms with van der Waals surface area (Å²) in [5.41, 5.74) is 5.89.